The maximum atomic E-state index is 11.9. The Bertz CT molecular complexity index is 638. The van der Waals surface area contributed by atoms with Crippen LogP contribution in [0.5, 0.6) is 0 Å². The van der Waals surface area contributed by atoms with E-state index in [1.54, 1.807) is 0 Å². The van der Waals surface area contributed by atoms with Crippen LogP contribution in [0.25, 0.3) is 0 Å². The van der Waals surface area contributed by atoms with E-state index in [2.05, 4.69) is 29.0 Å². The van der Waals surface area contributed by atoms with Crippen LogP contribution in [-0.4, -0.2) is 60.3 Å². The van der Waals surface area contributed by atoms with E-state index in [0.717, 1.165) is 56.5 Å². The van der Waals surface area contributed by atoms with Crippen molar-refractivity contribution in [1.82, 2.24) is 9.80 Å². The van der Waals surface area contributed by atoms with Crippen LogP contribution in [0.15, 0.2) is 24.3 Å². The van der Waals surface area contributed by atoms with Crippen molar-refractivity contribution in [3.05, 3.63) is 34.9 Å². The SMILES string of the molecule is CN1CCN(CC(c2cccc(Cl)c2)C2(O)CCC3CCCCC3C2)CC1.Cl.Cl. The van der Waals surface area contributed by atoms with Crippen molar-refractivity contribution in [2.24, 2.45) is 11.8 Å². The Morgan fingerprint density at radius 1 is 1.07 bits per heavy atom. The predicted molar refractivity (Wildman–Crippen MR) is 127 cm³/mol. The van der Waals surface area contributed by atoms with Crippen LogP contribution in [0, 0.1) is 11.8 Å². The fourth-order valence-electron chi connectivity index (χ4n) is 5.84. The molecular formula is C23H37Cl3N2O. The lowest BCUT2D eigenvalue weighted by molar-refractivity contribution is -0.0722. The number of benzene rings is 1. The highest BCUT2D eigenvalue weighted by molar-refractivity contribution is 6.30. The molecular weight excluding hydrogens is 427 g/mol. The molecule has 0 aromatic heterocycles. The summed E-state index contributed by atoms with van der Waals surface area (Å²) >= 11 is 6.34. The summed E-state index contributed by atoms with van der Waals surface area (Å²) in [4.78, 5) is 4.95. The van der Waals surface area contributed by atoms with Gasteiger partial charge in [0.25, 0.3) is 0 Å². The molecule has 4 unspecified atom stereocenters. The number of rotatable bonds is 4. The lowest BCUT2D eigenvalue weighted by atomic mass is 9.61. The first kappa shape index (κ1) is 25.2. The Kier molecular flexibility index (Phi) is 9.59. The Labute approximate surface area is 194 Å². The normalized spacial score (nSPS) is 31.8. The predicted octanol–water partition coefficient (Wildman–Crippen LogP) is 5.24. The standard InChI is InChI=1S/C23H35ClN2O.2ClH/c1-25-11-13-26(14-12-25)17-22(19-7-4-8-21(24)15-19)23(27)10-9-18-5-2-3-6-20(18)16-23;;/h4,7-8,15,18,20,22,27H,2-3,5-6,9-14,16-17H2,1H3;2*1H. The van der Waals surface area contributed by atoms with Gasteiger partial charge in [-0.3, -0.25) is 0 Å². The summed E-state index contributed by atoms with van der Waals surface area (Å²) in [6.45, 7) is 5.37. The zero-order chi connectivity index (χ0) is 18.9. The first-order valence-corrected chi connectivity index (χ1v) is 11.3. The van der Waals surface area contributed by atoms with Crippen LogP contribution in [0.1, 0.15) is 56.4 Å². The third-order valence-corrected chi connectivity index (χ3v) is 7.80. The number of aliphatic hydroxyl groups is 1. The summed E-state index contributed by atoms with van der Waals surface area (Å²) in [7, 11) is 2.20. The van der Waals surface area contributed by atoms with E-state index < -0.39 is 5.60 Å². The van der Waals surface area contributed by atoms with Crippen molar-refractivity contribution < 1.29 is 5.11 Å². The van der Waals surface area contributed by atoms with Crippen molar-refractivity contribution in [3.8, 4) is 0 Å². The van der Waals surface area contributed by atoms with Gasteiger partial charge in [-0.25, -0.2) is 0 Å². The van der Waals surface area contributed by atoms with Crippen molar-refractivity contribution in [3.63, 3.8) is 0 Å². The van der Waals surface area contributed by atoms with Crippen molar-refractivity contribution in [2.45, 2.75) is 56.5 Å². The molecule has 0 bridgehead atoms. The third-order valence-electron chi connectivity index (χ3n) is 7.57. The summed E-state index contributed by atoms with van der Waals surface area (Å²) in [6.07, 6.45) is 8.53. The molecule has 2 aliphatic carbocycles. The molecule has 0 radical (unpaired) electrons. The van der Waals surface area contributed by atoms with Crippen LogP contribution in [-0.2, 0) is 0 Å². The van der Waals surface area contributed by atoms with Crippen LogP contribution in [0.3, 0.4) is 0 Å². The number of piperazine rings is 1. The topological polar surface area (TPSA) is 26.7 Å². The first-order chi connectivity index (χ1) is 13.0. The first-order valence-electron chi connectivity index (χ1n) is 10.9. The van der Waals surface area contributed by atoms with Gasteiger partial charge in [-0.05, 0) is 55.8 Å². The highest BCUT2D eigenvalue weighted by atomic mass is 35.5. The van der Waals surface area contributed by atoms with Crippen molar-refractivity contribution in [2.75, 3.05) is 39.8 Å². The molecule has 2 saturated carbocycles. The van der Waals surface area contributed by atoms with Crippen LogP contribution >= 0.6 is 36.4 Å². The zero-order valence-corrected chi connectivity index (χ0v) is 20.0. The number of nitrogens with zero attached hydrogens (tertiary/aromatic N) is 2. The molecule has 1 saturated heterocycles. The van der Waals surface area contributed by atoms with Gasteiger partial charge < -0.3 is 14.9 Å². The fraction of sp³-hybridized carbons (Fsp3) is 0.739. The number of hydrogen-bond donors (Lipinski definition) is 1. The van der Waals surface area contributed by atoms with E-state index in [1.165, 1.54) is 37.7 Å². The molecule has 3 nitrogen and oxygen atoms in total. The Morgan fingerprint density at radius 2 is 1.76 bits per heavy atom. The van der Waals surface area contributed by atoms with E-state index in [1.807, 2.05) is 12.1 Å². The number of halogens is 3. The van der Waals surface area contributed by atoms with Crippen LogP contribution < -0.4 is 0 Å². The smallest absolute Gasteiger partial charge is 0.0731 e. The summed E-state index contributed by atoms with van der Waals surface area (Å²) in [5.74, 6) is 1.72. The number of hydrogen-bond acceptors (Lipinski definition) is 3. The summed E-state index contributed by atoms with van der Waals surface area (Å²) in [6, 6.07) is 8.26. The lowest BCUT2D eigenvalue weighted by Crippen LogP contribution is -2.51. The molecule has 1 N–H and O–H groups in total. The molecule has 29 heavy (non-hydrogen) atoms. The van der Waals surface area contributed by atoms with Gasteiger partial charge in [0.15, 0.2) is 0 Å². The van der Waals surface area contributed by atoms with E-state index in [-0.39, 0.29) is 30.7 Å². The van der Waals surface area contributed by atoms with Crippen LogP contribution in [0.4, 0.5) is 0 Å². The molecule has 4 atom stereocenters. The second-order valence-corrected chi connectivity index (χ2v) is 9.80. The van der Waals surface area contributed by atoms with Gasteiger partial charge in [0.2, 0.25) is 0 Å². The van der Waals surface area contributed by atoms with Gasteiger partial charge in [-0.2, -0.15) is 0 Å². The minimum atomic E-state index is -0.591. The molecule has 1 aromatic carbocycles. The molecule has 4 rings (SSSR count). The van der Waals surface area contributed by atoms with Crippen LogP contribution in [0.2, 0.25) is 5.02 Å². The fourth-order valence-corrected chi connectivity index (χ4v) is 6.04. The van der Waals surface area contributed by atoms with Crippen molar-refractivity contribution >= 4 is 36.4 Å². The summed E-state index contributed by atoms with van der Waals surface area (Å²) < 4.78 is 0. The van der Waals surface area contributed by atoms with Gasteiger partial charge >= 0.3 is 0 Å². The second-order valence-electron chi connectivity index (χ2n) is 9.36. The maximum Gasteiger partial charge on any atom is 0.0731 e. The van der Waals surface area contributed by atoms with Gasteiger partial charge in [0, 0.05) is 43.7 Å². The Hall–Kier alpha value is -0.0300. The highest BCUT2D eigenvalue weighted by Gasteiger charge is 2.46. The summed E-state index contributed by atoms with van der Waals surface area (Å²) in [5.41, 5.74) is 0.630. The Balaban J connectivity index is 0.00000150. The zero-order valence-electron chi connectivity index (χ0n) is 17.6. The highest BCUT2D eigenvalue weighted by Crippen LogP contribution is 2.49. The molecule has 0 amide bonds. The molecule has 0 spiro atoms. The quantitative estimate of drug-likeness (QED) is 0.662. The van der Waals surface area contributed by atoms with Crippen molar-refractivity contribution in [1.29, 1.82) is 0 Å². The number of likely N-dealkylation sites (N-methyl/N-ethyl adjacent to an activating group) is 1. The number of fused-ring (bicyclic) bond motifs is 1. The maximum absolute atomic E-state index is 11.9. The van der Waals surface area contributed by atoms with Gasteiger partial charge in [0.05, 0.1) is 5.60 Å². The van der Waals surface area contributed by atoms with E-state index in [0.29, 0.717) is 5.92 Å². The van der Waals surface area contributed by atoms with E-state index in [4.69, 9.17) is 11.6 Å². The lowest BCUT2D eigenvalue weighted by Gasteiger charge is -2.49. The third kappa shape index (κ3) is 6.02. The molecule has 3 aliphatic rings. The second kappa shape index (κ2) is 11.0. The molecule has 1 aromatic rings. The Morgan fingerprint density at radius 3 is 2.45 bits per heavy atom. The molecule has 1 aliphatic heterocycles. The largest absolute Gasteiger partial charge is 0.389 e. The van der Waals surface area contributed by atoms with E-state index in [9.17, 15) is 5.11 Å². The summed E-state index contributed by atoms with van der Waals surface area (Å²) in [5, 5.41) is 12.7. The van der Waals surface area contributed by atoms with Gasteiger partial charge in [0.1, 0.15) is 0 Å². The molecule has 3 fully saturated rings. The minimum Gasteiger partial charge on any atom is -0.389 e. The molecule has 6 heteroatoms. The van der Waals surface area contributed by atoms with Gasteiger partial charge in [-0.1, -0.05) is 49.4 Å². The van der Waals surface area contributed by atoms with Gasteiger partial charge in [-0.15, -0.1) is 24.8 Å². The molecule has 1 heterocycles. The molecule has 166 valence electrons. The average molecular weight is 464 g/mol. The average Bonchev–Trinajstić information content (AvgIpc) is 2.67. The van der Waals surface area contributed by atoms with E-state index >= 15 is 0 Å². The minimum absolute atomic E-state index is 0. The monoisotopic (exact) mass is 462 g/mol.